The Bertz CT molecular complexity index is 692. The van der Waals surface area contributed by atoms with E-state index in [0.717, 1.165) is 0 Å². The van der Waals surface area contributed by atoms with Crippen LogP contribution in [0.25, 0.3) is 0 Å². The Kier molecular flexibility index (Phi) is 9.75. The first kappa shape index (κ1) is 27.9. The van der Waals surface area contributed by atoms with E-state index in [0.29, 0.717) is 19.3 Å². The summed E-state index contributed by atoms with van der Waals surface area (Å²) in [5, 5.41) is 13.7. The number of nitrogens with zero attached hydrogens (tertiary/aromatic N) is 1. The molecule has 5 atom stereocenters. The fraction of sp³-hybridized carbons (Fsp3) is 0.792. The van der Waals surface area contributed by atoms with Crippen LogP contribution in [0, 0.1) is 5.92 Å². The first-order valence-corrected chi connectivity index (χ1v) is 11.4. The Hall–Kier alpha value is -2.09. The molecule has 1 aliphatic heterocycles. The van der Waals surface area contributed by atoms with Crippen molar-refractivity contribution in [1.82, 2.24) is 10.2 Å². The van der Waals surface area contributed by atoms with Crippen molar-refractivity contribution in [3.8, 4) is 0 Å². The van der Waals surface area contributed by atoms with E-state index >= 15 is 0 Å². The van der Waals surface area contributed by atoms with Crippen molar-refractivity contribution in [2.45, 2.75) is 117 Å². The van der Waals surface area contributed by atoms with Gasteiger partial charge < -0.3 is 19.9 Å². The van der Waals surface area contributed by atoms with E-state index in [-0.39, 0.29) is 11.8 Å². The van der Waals surface area contributed by atoms with Gasteiger partial charge in [-0.3, -0.25) is 9.69 Å². The molecule has 8 heteroatoms. The predicted octanol–water partition coefficient (Wildman–Crippen LogP) is 3.56. The number of likely N-dealkylation sites (tertiary alicyclic amines) is 1. The number of amides is 2. The van der Waals surface area contributed by atoms with Gasteiger partial charge in [0.05, 0.1) is 18.2 Å². The van der Waals surface area contributed by atoms with Crippen molar-refractivity contribution in [3.05, 3.63) is 12.2 Å². The summed E-state index contributed by atoms with van der Waals surface area (Å²) in [4.78, 5) is 39.9. The van der Waals surface area contributed by atoms with Crippen LogP contribution in [-0.4, -0.2) is 63.4 Å². The highest BCUT2D eigenvalue weighted by molar-refractivity contribution is 5.83. The standard InChI is InChI=1S/C24H42N2O6/c1-10-12-16-14-17(21(29)31-23(4,5)6)26(22(30)32-24(7,8)9)20(16)19(25-15(3)27)18(28)13-11-2/h10,12,16-20,28H,11,13-14H2,1-9H3,(H,25,27)/t16-,17+,18-,19+,20-/m1/s1. The van der Waals surface area contributed by atoms with E-state index < -0.39 is 47.5 Å². The summed E-state index contributed by atoms with van der Waals surface area (Å²) in [7, 11) is 0. The SMILES string of the molecule is CC=C[C@@H]1C[C@@H](C(=O)OC(C)(C)C)N(C(=O)OC(C)(C)C)[C@H]1[C@@H](NC(C)=O)[C@H](O)CCC. The van der Waals surface area contributed by atoms with Gasteiger partial charge in [-0.2, -0.15) is 0 Å². The number of aliphatic hydroxyl groups is 1. The summed E-state index contributed by atoms with van der Waals surface area (Å²) in [6.07, 6.45) is 3.61. The van der Waals surface area contributed by atoms with Gasteiger partial charge in [0.15, 0.2) is 0 Å². The second kappa shape index (κ2) is 11.2. The van der Waals surface area contributed by atoms with Crippen LogP contribution in [0.5, 0.6) is 0 Å². The highest BCUT2D eigenvalue weighted by atomic mass is 16.6. The van der Waals surface area contributed by atoms with Crippen molar-refractivity contribution < 1.29 is 29.0 Å². The second-order valence-corrected chi connectivity index (χ2v) is 10.4. The van der Waals surface area contributed by atoms with Crippen LogP contribution >= 0.6 is 0 Å². The van der Waals surface area contributed by atoms with Crippen molar-refractivity contribution in [2.75, 3.05) is 0 Å². The lowest BCUT2D eigenvalue weighted by Gasteiger charge is -2.39. The van der Waals surface area contributed by atoms with Crippen molar-refractivity contribution in [3.63, 3.8) is 0 Å². The molecule has 2 N–H and O–H groups in total. The second-order valence-electron chi connectivity index (χ2n) is 10.4. The third-order valence-electron chi connectivity index (χ3n) is 5.05. The van der Waals surface area contributed by atoms with E-state index in [1.807, 2.05) is 26.0 Å². The molecule has 2 amide bonds. The van der Waals surface area contributed by atoms with Gasteiger partial charge in [-0.15, -0.1) is 0 Å². The van der Waals surface area contributed by atoms with E-state index in [2.05, 4.69) is 5.32 Å². The quantitative estimate of drug-likeness (QED) is 0.450. The Labute approximate surface area is 192 Å². The molecule has 0 radical (unpaired) electrons. The maximum atomic E-state index is 13.3. The van der Waals surface area contributed by atoms with E-state index in [4.69, 9.17) is 9.47 Å². The number of hydrogen-bond acceptors (Lipinski definition) is 6. The average molecular weight is 455 g/mol. The van der Waals surface area contributed by atoms with Crippen LogP contribution in [0.1, 0.15) is 81.6 Å². The van der Waals surface area contributed by atoms with Crippen molar-refractivity contribution >= 4 is 18.0 Å². The van der Waals surface area contributed by atoms with Gasteiger partial charge in [0.25, 0.3) is 0 Å². The minimum atomic E-state index is -0.902. The van der Waals surface area contributed by atoms with Crippen LogP contribution in [-0.2, 0) is 19.1 Å². The Morgan fingerprint density at radius 1 is 1.12 bits per heavy atom. The number of rotatable bonds is 7. The molecule has 184 valence electrons. The van der Waals surface area contributed by atoms with Gasteiger partial charge in [-0.1, -0.05) is 25.5 Å². The molecule has 0 aromatic heterocycles. The van der Waals surface area contributed by atoms with Gasteiger partial charge in [-0.25, -0.2) is 9.59 Å². The van der Waals surface area contributed by atoms with Crippen LogP contribution in [0.2, 0.25) is 0 Å². The smallest absolute Gasteiger partial charge is 0.411 e. The number of allylic oxidation sites excluding steroid dienone is 1. The summed E-state index contributed by atoms with van der Waals surface area (Å²) >= 11 is 0. The lowest BCUT2D eigenvalue weighted by atomic mass is 9.88. The van der Waals surface area contributed by atoms with Crippen LogP contribution in [0.4, 0.5) is 4.79 Å². The van der Waals surface area contributed by atoms with Gasteiger partial charge in [0.2, 0.25) is 5.91 Å². The maximum absolute atomic E-state index is 13.3. The van der Waals surface area contributed by atoms with Crippen LogP contribution < -0.4 is 5.32 Å². The lowest BCUT2D eigenvalue weighted by Crippen LogP contribution is -2.60. The first-order chi connectivity index (χ1) is 14.6. The number of carbonyl (C=O) groups is 3. The number of carbonyl (C=O) groups excluding carboxylic acids is 3. The molecule has 0 unspecified atom stereocenters. The van der Waals surface area contributed by atoms with E-state index in [9.17, 15) is 19.5 Å². The molecule has 8 nitrogen and oxygen atoms in total. The lowest BCUT2D eigenvalue weighted by molar-refractivity contribution is -0.160. The van der Waals surface area contributed by atoms with Gasteiger partial charge in [0.1, 0.15) is 17.2 Å². The number of aliphatic hydroxyl groups excluding tert-OH is 1. The van der Waals surface area contributed by atoms with E-state index in [1.54, 1.807) is 41.5 Å². The van der Waals surface area contributed by atoms with Crippen molar-refractivity contribution in [2.24, 2.45) is 5.92 Å². The molecule has 1 aliphatic rings. The molecular formula is C24H42N2O6. The highest BCUT2D eigenvalue weighted by Gasteiger charge is 2.53. The minimum absolute atomic E-state index is 0.284. The molecule has 1 rings (SSSR count). The largest absolute Gasteiger partial charge is 0.458 e. The molecule has 0 spiro atoms. The Morgan fingerprint density at radius 2 is 1.69 bits per heavy atom. The number of nitrogens with one attached hydrogen (secondary N) is 1. The Balaban J connectivity index is 3.55. The fourth-order valence-electron chi connectivity index (χ4n) is 4.07. The summed E-state index contributed by atoms with van der Waals surface area (Å²) in [5.74, 6) is -1.14. The topological polar surface area (TPSA) is 105 Å². The molecular weight excluding hydrogens is 412 g/mol. The zero-order valence-corrected chi connectivity index (χ0v) is 21.1. The molecule has 1 fully saturated rings. The van der Waals surface area contributed by atoms with E-state index in [1.165, 1.54) is 11.8 Å². The first-order valence-electron chi connectivity index (χ1n) is 11.4. The molecule has 0 aromatic carbocycles. The molecule has 32 heavy (non-hydrogen) atoms. The van der Waals surface area contributed by atoms with Gasteiger partial charge in [0, 0.05) is 12.8 Å². The Morgan fingerprint density at radius 3 is 2.12 bits per heavy atom. The molecule has 0 aliphatic carbocycles. The summed E-state index contributed by atoms with van der Waals surface area (Å²) in [6, 6.07) is -2.35. The number of hydrogen-bond donors (Lipinski definition) is 2. The zero-order valence-electron chi connectivity index (χ0n) is 21.1. The number of esters is 1. The third kappa shape index (κ3) is 8.11. The summed E-state index contributed by atoms with van der Waals surface area (Å²) in [5.41, 5.74) is -1.52. The number of ether oxygens (including phenoxy) is 2. The maximum Gasteiger partial charge on any atom is 0.411 e. The molecule has 1 heterocycles. The highest BCUT2D eigenvalue weighted by Crippen LogP contribution is 2.37. The molecule has 0 saturated carbocycles. The van der Waals surface area contributed by atoms with Crippen LogP contribution in [0.3, 0.4) is 0 Å². The van der Waals surface area contributed by atoms with Crippen molar-refractivity contribution in [1.29, 1.82) is 0 Å². The van der Waals surface area contributed by atoms with Gasteiger partial charge in [-0.05, 0) is 61.3 Å². The monoisotopic (exact) mass is 454 g/mol. The summed E-state index contributed by atoms with van der Waals surface area (Å²) < 4.78 is 11.3. The third-order valence-corrected chi connectivity index (χ3v) is 5.05. The summed E-state index contributed by atoms with van der Waals surface area (Å²) in [6.45, 7) is 15.7. The minimum Gasteiger partial charge on any atom is -0.458 e. The van der Waals surface area contributed by atoms with Gasteiger partial charge >= 0.3 is 12.1 Å². The average Bonchev–Trinajstić information content (AvgIpc) is 2.96. The van der Waals surface area contributed by atoms with Crippen LogP contribution in [0.15, 0.2) is 12.2 Å². The normalized spacial score (nSPS) is 23.7. The molecule has 0 aromatic rings. The molecule has 0 bridgehead atoms. The predicted molar refractivity (Wildman–Crippen MR) is 123 cm³/mol. The fourth-order valence-corrected chi connectivity index (χ4v) is 4.07. The zero-order chi connectivity index (χ0) is 24.9. The molecule has 1 saturated heterocycles.